The standard InChI is InChI=1S/C16H22N4O2.ClH/c1-2-15(21-9-1)16-10-13(18-22-16)12-19-5-7-20(8-6-19)14-3-4-17-11-14;/h1-2,9-10,14,17H,3-8,11-12H2;1H. The number of piperazine rings is 1. The monoisotopic (exact) mass is 338 g/mol. The summed E-state index contributed by atoms with van der Waals surface area (Å²) in [6.07, 6.45) is 2.93. The van der Waals surface area contributed by atoms with Gasteiger partial charge in [0.15, 0.2) is 5.76 Å². The third-order valence-corrected chi connectivity index (χ3v) is 4.67. The van der Waals surface area contributed by atoms with Crippen LogP contribution in [0.25, 0.3) is 11.5 Å². The molecule has 0 spiro atoms. The van der Waals surface area contributed by atoms with Gasteiger partial charge in [-0.3, -0.25) is 9.80 Å². The van der Waals surface area contributed by atoms with Crippen molar-refractivity contribution in [3.05, 3.63) is 30.2 Å². The topological polar surface area (TPSA) is 57.7 Å². The molecule has 0 saturated carbocycles. The van der Waals surface area contributed by atoms with Crippen molar-refractivity contribution in [2.45, 2.75) is 19.0 Å². The van der Waals surface area contributed by atoms with Gasteiger partial charge in [-0.15, -0.1) is 12.4 Å². The molecule has 1 atom stereocenters. The Morgan fingerprint density at radius 2 is 2.09 bits per heavy atom. The summed E-state index contributed by atoms with van der Waals surface area (Å²) >= 11 is 0. The predicted molar refractivity (Wildman–Crippen MR) is 89.6 cm³/mol. The molecular weight excluding hydrogens is 316 g/mol. The van der Waals surface area contributed by atoms with Crippen LogP contribution in [0, 0.1) is 0 Å². The molecule has 6 nitrogen and oxygen atoms in total. The molecule has 2 fully saturated rings. The van der Waals surface area contributed by atoms with E-state index in [0.29, 0.717) is 5.76 Å². The molecule has 126 valence electrons. The molecule has 1 unspecified atom stereocenters. The van der Waals surface area contributed by atoms with E-state index in [4.69, 9.17) is 8.94 Å². The molecule has 1 N–H and O–H groups in total. The van der Waals surface area contributed by atoms with Crippen molar-refractivity contribution in [3.8, 4) is 11.5 Å². The van der Waals surface area contributed by atoms with Gasteiger partial charge < -0.3 is 14.3 Å². The molecule has 2 aliphatic rings. The molecule has 4 rings (SSSR count). The number of rotatable bonds is 4. The van der Waals surface area contributed by atoms with E-state index in [9.17, 15) is 0 Å². The van der Waals surface area contributed by atoms with Crippen LogP contribution in [0.4, 0.5) is 0 Å². The SMILES string of the molecule is Cl.c1coc(-c2cc(CN3CCN(C4CCNC4)CC3)no2)c1. The van der Waals surface area contributed by atoms with Crippen LogP contribution in [0.2, 0.25) is 0 Å². The van der Waals surface area contributed by atoms with Gasteiger partial charge in [-0.05, 0) is 25.1 Å². The van der Waals surface area contributed by atoms with Gasteiger partial charge in [0.1, 0.15) is 0 Å². The highest BCUT2D eigenvalue weighted by Crippen LogP contribution is 2.21. The minimum atomic E-state index is 0. The molecule has 0 aliphatic carbocycles. The fourth-order valence-electron chi connectivity index (χ4n) is 3.39. The normalized spacial score (nSPS) is 23.0. The molecular formula is C16H23ClN4O2. The largest absolute Gasteiger partial charge is 0.461 e. The zero-order valence-electron chi connectivity index (χ0n) is 13.1. The van der Waals surface area contributed by atoms with Crippen LogP contribution in [-0.4, -0.2) is 60.3 Å². The Hall–Kier alpha value is -1.34. The Balaban J connectivity index is 0.00000156. The second-order valence-corrected chi connectivity index (χ2v) is 6.12. The molecule has 4 heterocycles. The van der Waals surface area contributed by atoms with E-state index in [-0.39, 0.29) is 12.4 Å². The Morgan fingerprint density at radius 1 is 1.22 bits per heavy atom. The van der Waals surface area contributed by atoms with Crippen LogP contribution in [0.1, 0.15) is 12.1 Å². The van der Waals surface area contributed by atoms with Gasteiger partial charge >= 0.3 is 0 Å². The number of nitrogens with one attached hydrogen (secondary N) is 1. The summed E-state index contributed by atoms with van der Waals surface area (Å²) in [5, 5.41) is 7.61. The maximum atomic E-state index is 5.36. The van der Waals surface area contributed by atoms with E-state index >= 15 is 0 Å². The quantitative estimate of drug-likeness (QED) is 0.918. The molecule has 2 aromatic heterocycles. The summed E-state index contributed by atoms with van der Waals surface area (Å²) in [4.78, 5) is 5.07. The molecule has 0 amide bonds. The number of halogens is 1. The predicted octanol–water partition coefficient (Wildman–Crippen LogP) is 1.84. The summed E-state index contributed by atoms with van der Waals surface area (Å²) in [5.74, 6) is 1.44. The Kier molecular flexibility index (Phi) is 5.38. The van der Waals surface area contributed by atoms with Crippen LogP contribution >= 0.6 is 12.4 Å². The summed E-state index contributed by atoms with van der Waals surface area (Å²) in [7, 11) is 0. The Bertz CT molecular complexity index is 587. The highest BCUT2D eigenvalue weighted by molar-refractivity contribution is 5.85. The second kappa shape index (κ2) is 7.49. The number of hydrogen-bond donors (Lipinski definition) is 1. The maximum Gasteiger partial charge on any atom is 0.202 e. The maximum absolute atomic E-state index is 5.36. The number of aromatic nitrogens is 1. The van der Waals surface area contributed by atoms with E-state index in [1.54, 1.807) is 6.26 Å². The average molecular weight is 339 g/mol. The fourth-order valence-corrected chi connectivity index (χ4v) is 3.39. The Labute approximate surface area is 142 Å². The van der Waals surface area contributed by atoms with Gasteiger partial charge in [-0.25, -0.2) is 0 Å². The highest BCUT2D eigenvalue weighted by Gasteiger charge is 2.26. The number of furan rings is 1. The van der Waals surface area contributed by atoms with E-state index in [1.165, 1.54) is 13.0 Å². The average Bonchev–Trinajstić information content (AvgIpc) is 3.30. The van der Waals surface area contributed by atoms with Crippen LogP contribution in [0.15, 0.2) is 33.4 Å². The number of nitrogens with zero attached hydrogens (tertiary/aromatic N) is 3. The van der Waals surface area contributed by atoms with Crippen LogP contribution in [0.3, 0.4) is 0 Å². The van der Waals surface area contributed by atoms with Crippen molar-refractivity contribution >= 4 is 12.4 Å². The summed E-state index contributed by atoms with van der Waals surface area (Å²) in [6.45, 7) is 7.65. The first kappa shape index (κ1) is 16.5. The first-order chi connectivity index (χ1) is 10.9. The molecule has 2 aromatic rings. The highest BCUT2D eigenvalue weighted by atomic mass is 35.5. The summed E-state index contributed by atoms with van der Waals surface area (Å²) in [6, 6.07) is 6.46. The van der Waals surface area contributed by atoms with Crippen LogP contribution in [-0.2, 0) is 6.54 Å². The van der Waals surface area contributed by atoms with Gasteiger partial charge in [0.05, 0.1) is 12.0 Å². The van der Waals surface area contributed by atoms with Gasteiger partial charge in [-0.1, -0.05) is 5.16 Å². The molecule has 0 aromatic carbocycles. The van der Waals surface area contributed by atoms with Gasteiger partial charge in [0.2, 0.25) is 5.76 Å². The minimum Gasteiger partial charge on any atom is -0.461 e. The third-order valence-electron chi connectivity index (χ3n) is 4.67. The lowest BCUT2D eigenvalue weighted by Crippen LogP contribution is -2.50. The summed E-state index contributed by atoms with van der Waals surface area (Å²) in [5.41, 5.74) is 0.974. The van der Waals surface area contributed by atoms with Crippen molar-refractivity contribution in [1.29, 1.82) is 0 Å². The van der Waals surface area contributed by atoms with Crippen molar-refractivity contribution < 1.29 is 8.94 Å². The van der Waals surface area contributed by atoms with Crippen LogP contribution in [0.5, 0.6) is 0 Å². The van der Waals surface area contributed by atoms with Gasteiger partial charge in [0, 0.05) is 51.4 Å². The molecule has 2 aliphatic heterocycles. The van der Waals surface area contributed by atoms with Crippen molar-refractivity contribution in [1.82, 2.24) is 20.3 Å². The van der Waals surface area contributed by atoms with Crippen molar-refractivity contribution in [2.24, 2.45) is 0 Å². The molecule has 0 radical (unpaired) electrons. The first-order valence-electron chi connectivity index (χ1n) is 8.05. The third kappa shape index (κ3) is 3.77. The smallest absolute Gasteiger partial charge is 0.202 e. The lowest BCUT2D eigenvalue weighted by Gasteiger charge is -2.37. The number of hydrogen-bond acceptors (Lipinski definition) is 6. The zero-order chi connectivity index (χ0) is 14.8. The summed E-state index contributed by atoms with van der Waals surface area (Å²) < 4.78 is 10.7. The van der Waals surface area contributed by atoms with E-state index in [2.05, 4.69) is 20.3 Å². The van der Waals surface area contributed by atoms with Crippen LogP contribution < -0.4 is 5.32 Å². The van der Waals surface area contributed by atoms with Crippen molar-refractivity contribution in [2.75, 3.05) is 39.3 Å². The Morgan fingerprint density at radius 3 is 2.78 bits per heavy atom. The minimum absolute atomic E-state index is 0. The lowest BCUT2D eigenvalue weighted by molar-refractivity contribution is 0.0966. The zero-order valence-corrected chi connectivity index (χ0v) is 13.9. The second-order valence-electron chi connectivity index (χ2n) is 6.12. The van der Waals surface area contributed by atoms with E-state index in [0.717, 1.165) is 56.8 Å². The van der Waals surface area contributed by atoms with Gasteiger partial charge in [0.25, 0.3) is 0 Å². The van der Waals surface area contributed by atoms with E-state index < -0.39 is 0 Å². The molecule has 0 bridgehead atoms. The molecule has 2 saturated heterocycles. The van der Waals surface area contributed by atoms with Gasteiger partial charge in [-0.2, -0.15) is 0 Å². The molecule has 23 heavy (non-hydrogen) atoms. The lowest BCUT2D eigenvalue weighted by atomic mass is 10.2. The van der Waals surface area contributed by atoms with Crippen molar-refractivity contribution in [3.63, 3.8) is 0 Å². The fraction of sp³-hybridized carbons (Fsp3) is 0.562. The molecule has 7 heteroatoms. The van der Waals surface area contributed by atoms with E-state index in [1.807, 2.05) is 18.2 Å². The first-order valence-corrected chi connectivity index (χ1v) is 8.05.